The molecule has 2 N–H and O–H groups in total. The molecule has 0 aliphatic carbocycles. The van der Waals surface area contributed by atoms with E-state index in [9.17, 15) is 0 Å². The average Bonchev–Trinajstić information content (AvgIpc) is 2.69. The van der Waals surface area contributed by atoms with Gasteiger partial charge in [0.05, 0.1) is 18.9 Å². The molecule has 0 bridgehead atoms. The third-order valence-electron chi connectivity index (χ3n) is 4.22. The first-order chi connectivity index (χ1) is 13.2. The van der Waals surface area contributed by atoms with Gasteiger partial charge in [-0.2, -0.15) is 0 Å². The Labute approximate surface area is 175 Å². The lowest BCUT2D eigenvalue weighted by molar-refractivity contribution is 0.0376. The Morgan fingerprint density at radius 2 is 1.85 bits per heavy atom. The molecule has 1 heterocycles. The monoisotopic (exact) mass is 421 g/mol. The highest BCUT2D eigenvalue weighted by molar-refractivity contribution is 7.99. The SMILES string of the molecule is S=C(NCCCN1CCOCC1)Nc1ccccc1Sc1ccc(Cl)cc1. The Bertz CT molecular complexity index is 736. The molecule has 0 radical (unpaired) electrons. The van der Waals surface area contributed by atoms with Crippen molar-refractivity contribution in [2.45, 2.75) is 16.2 Å². The standard InChI is InChI=1S/C20H24ClN3OS2/c21-16-6-8-17(9-7-16)27-19-5-2-1-4-18(19)23-20(26)22-10-3-11-24-12-14-25-15-13-24/h1-2,4-9H,3,10-15H2,(H2,22,23,26). The number of benzene rings is 2. The number of rotatable bonds is 7. The van der Waals surface area contributed by atoms with Gasteiger partial charge in [0.15, 0.2) is 5.11 Å². The average molecular weight is 422 g/mol. The van der Waals surface area contributed by atoms with Crippen LogP contribution in [0.3, 0.4) is 0 Å². The third kappa shape index (κ3) is 6.97. The van der Waals surface area contributed by atoms with Crippen LogP contribution < -0.4 is 10.6 Å². The van der Waals surface area contributed by atoms with Crippen molar-refractivity contribution >= 4 is 46.4 Å². The van der Waals surface area contributed by atoms with Crippen LogP contribution in [0.4, 0.5) is 5.69 Å². The van der Waals surface area contributed by atoms with Crippen molar-refractivity contribution in [1.82, 2.24) is 10.2 Å². The Kier molecular flexibility index (Phi) is 8.23. The summed E-state index contributed by atoms with van der Waals surface area (Å²) in [6.07, 6.45) is 1.06. The fourth-order valence-corrected chi connectivity index (χ4v) is 4.02. The van der Waals surface area contributed by atoms with Crippen LogP contribution in [-0.4, -0.2) is 49.4 Å². The van der Waals surface area contributed by atoms with E-state index in [4.69, 9.17) is 28.6 Å². The minimum Gasteiger partial charge on any atom is -0.379 e. The molecule has 3 rings (SSSR count). The lowest BCUT2D eigenvalue weighted by atomic mass is 10.3. The molecule has 2 aromatic rings. The van der Waals surface area contributed by atoms with Crippen LogP contribution in [0.2, 0.25) is 5.02 Å². The van der Waals surface area contributed by atoms with Gasteiger partial charge in [0.2, 0.25) is 0 Å². The van der Waals surface area contributed by atoms with Crippen molar-refractivity contribution in [2.75, 3.05) is 44.7 Å². The lowest BCUT2D eigenvalue weighted by Gasteiger charge is -2.26. The number of nitrogens with one attached hydrogen (secondary N) is 2. The topological polar surface area (TPSA) is 36.5 Å². The van der Waals surface area contributed by atoms with Crippen LogP contribution in [0.5, 0.6) is 0 Å². The van der Waals surface area contributed by atoms with Gasteiger partial charge in [-0.3, -0.25) is 4.90 Å². The summed E-state index contributed by atoms with van der Waals surface area (Å²) in [6.45, 7) is 5.67. The highest BCUT2D eigenvalue weighted by Gasteiger charge is 2.10. The van der Waals surface area contributed by atoms with Gasteiger partial charge in [0, 0.05) is 34.4 Å². The zero-order valence-electron chi connectivity index (χ0n) is 15.1. The molecule has 0 unspecified atom stereocenters. The van der Waals surface area contributed by atoms with Crippen molar-refractivity contribution < 1.29 is 4.74 Å². The van der Waals surface area contributed by atoms with Crippen molar-refractivity contribution in [3.05, 3.63) is 53.6 Å². The van der Waals surface area contributed by atoms with E-state index < -0.39 is 0 Å². The van der Waals surface area contributed by atoms with E-state index in [0.29, 0.717) is 5.11 Å². The van der Waals surface area contributed by atoms with Gasteiger partial charge in [-0.1, -0.05) is 35.5 Å². The molecule has 1 saturated heterocycles. The van der Waals surface area contributed by atoms with Crippen molar-refractivity contribution in [3.63, 3.8) is 0 Å². The number of hydrogen-bond donors (Lipinski definition) is 2. The molecule has 0 atom stereocenters. The van der Waals surface area contributed by atoms with Gasteiger partial charge in [-0.05, 0) is 61.6 Å². The second kappa shape index (κ2) is 10.9. The smallest absolute Gasteiger partial charge is 0.170 e. The molecule has 0 aromatic heterocycles. The number of nitrogens with zero attached hydrogens (tertiary/aromatic N) is 1. The van der Waals surface area contributed by atoms with Gasteiger partial charge in [-0.25, -0.2) is 0 Å². The molecular formula is C20H24ClN3OS2. The second-order valence-corrected chi connectivity index (χ2v) is 8.20. The number of anilines is 1. The summed E-state index contributed by atoms with van der Waals surface area (Å²) in [5.41, 5.74) is 1.00. The summed E-state index contributed by atoms with van der Waals surface area (Å²) in [7, 11) is 0. The molecule has 2 aromatic carbocycles. The Balaban J connectivity index is 1.46. The predicted octanol–water partition coefficient (Wildman–Crippen LogP) is 4.50. The molecule has 1 fully saturated rings. The fraction of sp³-hybridized carbons (Fsp3) is 0.350. The molecule has 144 valence electrons. The number of hydrogen-bond acceptors (Lipinski definition) is 4. The van der Waals surface area contributed by atoms with Gasteiger partial charge < -0.3 is 15.4 Å². The van der Waals surface area contributed by atoms with Crippen LogP contribution in [0.25, 0.3) is 0 Å². The summed E-state index contributed by atoms with van der Waals surface area (Å²) in [5, 5.41) is 8.02. The van der Waals surface area contributed by atoms with Gasteiger partial charge >= 0.3 is 0 Å². The van der Waals surface area contributed by atoms with Crippen LogP contribution in [0, 0.1) is 0 Å². The van der Waals surface area contributed by atoms with Crippen LogP contribution in [-0.2, 0) is 4.74 Å². The summed E-state index contributed by atoms with van der Waals surface area (Å²) in [6, 6.07) is 16.0. The van der Waals surface area contributed by atoms with Crippen LogP contribution in [0.15, 0.2) is 58.3 Å². The molecule has 27 heavy (non-hydrogen) atoms. The van der Waals surface area contributed by atoms with E-state index in [2.05, 4.69) is 21.6 Å². The highest BCUT2D eigenvalue weighted by atomic mass is 35.5. The molecule has 7 heteroatoms. The largest absolute Gasteiger partial charge is 0.379 e. The molecule has 0 spiro atoms. The zero-order valence-corrected chi connectivity index (χ0v) is 17.5. The quantitative estimate of drug-likeness (QED) is 0.506. The summed E-state index contributed by atoms with van der Waals surface area (Å²) in [5.74, 6) is 0. The first-order valence-corrected chi connectivity index (χ1v) is 10.7. The van der Waals surface area contributed by atoms with Crippen LogP contribution >= 0.6 is 35.6 Å². The minimum atomic E-state index is 0.654. The van der Waals surface area contributed by atoms with E-state index in [0.717, 1.165) is 66.3 Å². The first kappa shape index (κ1) is 20.4. The van der Waals surface area contributed by atoms with E-state index in [1.807, 2.05) is 42.5 Å². The Morgan fingerprint density at radius 3 is 2.63 bits per heavy atom. The lowest BCUT2D eigenvalue weighted by Crippen LogP contribution is -2.38. The predicted molar refractivity (Wildman–Crippen MR) is 118 cm³/mol. The molecule has 1 aliphatic rings. The van der Waals surface area contributed by atoms with E-state index in [-0.39, 0.29) is 0 Å². The number of ether oxygens (including phenoxy) is 1. The zero-order chi connectivity index (χ0) is 18.9. The number of thiocarbonyl (C=S) groups is 1. The van der Waals surface area contributed by atoms with Gasteiger partial charge in [0.25, 0.3) is 0 Å². The fourth-order valence-electron chi connectivity index (χ4n) is 2.78. The number of halogens is 1. The number of morpholine rings is 1. The van der Waals surface area contributed by atoms with E-state index in [1.165, 1.54) is 0 Å². The summed E-state index contributed by atoms with van der Waals surface area (Å²) >= 11 is 13.1. The maximum Gasteiger partial charge on any atom is 0.170 e. The molecular weight excluding hydrogens is 398 g/mol. The molecule has 0 amide bonds. The van der Waals surface area contributed by atoms with Crippen molar-refractivity contribution in [2.24, 2.45) is 0 Å². The first-order valence-electron chi connectivity index (χ1n) is 9.08. The third-order valence-corrected chi connectivity index (χ3v) is 5.80. The van der Waals surface area contributed by atoms with Crippen LogP contribution in [0.1, 0.15) is 6.42 Å². The normalized spacial score (nSPS) is 14.7. The van der Waals surface area contributed by atoms with E-state index >= 15 is 0 Å². The summed E-state index contributed by atoms with van der Waals surface area (Å²) < 4.78 is 5.37. The van der Waals surface area contributed by atoms with Gasteiger partial charge in [-0.15, -0.1) is 0 Å². The molecule has 4 nitrogen and oxygen atoms in total. The number of para-hydroxylation sites is 1. The minimum absolute atomic E-state index is 0.654. The Hall–Kier alpha value is -1.31. The van der Waals surface area contributed by atoms with E-state index in [1.54, 1.807) is 11.8 Å². The maximum absolute atomic E-state index is 5.97. The Morgan fingerprint density at radius 1 is 1.11 bits per heavy atom. The second-order valence-electron chi connectivity index (χ2n) is 6.24. The highest BCUT2D eigenvalue weighted by Crippen LogP contribution is 2.33. The van der Waals surface area contributed by atoms with Gasteiger partial charge in [0.1, 0.15) is 0 Å². The summed E-state index contributed by atoms with van der Waals surface area (Å²) in [4.78, 5) is 4.69. The molecule has 0 saturated carbocycles. The van der Waals surface area contributed by atoms with Crippen molar-refractivity contribution in [1.29, 1.82) is 0 Å². The maximum atomic E-state index is 5.97. The molecule has 1 aliphatic heterocycles. The van der Waals surface area contributed by atoms with Crippen molar-refractivity contribution in [3.8, 4) is 0 Å².